The number of aldehydes is 1. The SMILES string of the molecule is CCC/C(=C\C=C(/C)C=O)c1ccccn1. The molecular formula is C14H17NO. The Labute approximate surface area is 96.7 Å². The van der Waals surface area contributed by atoms with E-state index in [9.17, 15) is 4.79 Å². The zero-order valence-corrected chi connectivity index (χ0v) is 9.81. The van der Waals surface area contributed by atoms with Crippen LogP contribution in [0, 0.1) is 0 Å². The molecule has 0 atom stereocenters. The lowest BCUT2D eigenvalue weighted by Gasteiger charge is -2.03. The van der Waals surface area contributed by atoms with Crippen molar-refractivity contribution < 1.29 is 4.79 Å². The highest BCUT2D eigenvalue weighted by Gasteiger charge is 1.99. The number of carbonyl (C=O) groups excluding carboxylic acids is 1. The highest BCUT2D eigenvalue weighted by atomic mass is 16.1. The molecule has 0 spiro atoms. The van der Waals surface area contributed by atoms with Crippen LogP contribution >= 0.6 is 0 Å². The summed E-state index contributed by atoms with van der Waals surface area (Å²) < 4.78 is 0. The normalized spacial score (nSPS) is 12.6. The first-order valence-corrected chi connectivity index (χ1v) is 5.52. The van der Waals surface area contributed by atoms with Crippen LogP contribution in [0.2, 0.25) is 0 Å². The summed E-state index contributed by atoms with van der Waals surface area (Å²) in [5.74, 6) is 0. The van der Waals surface area contributed by atoms with Crippen LogP contribution in [0.25, 0.3) is 5.57 Å². The Hall–Kier alpha value is -1.70. The summed E-state index contributed by atoms with van der Waals surface area (Å²) in [4.78, 5) is 14.8. The summed E-state index contributed by atoms with van der Waals surface area (Å²) >= 11 is 0. The highest BCUT2D eigenvalue weighted by molar-refractivity contribution is 5.74. The Balaban J connectivity index is 2.95. The van der Waals surface area contributed by atoms with Gasteiger partial charge in [0, 0.05) is 6.20 Å². The molecule has 0 aliphatic rings. The van der Waals surface area contributed by atoms with Crippen molar-refractivity contribution in [3.8, 4) is 0 Å². The van der Waals surface area contributed by atoms with Crippen molar-refractivity contribution in [1.29, 1.82) is 0 Å². The van der Waals surface area contributed by atoms with Gasteiger partial charge < -0.3 is 0 Å². The summed E-state index contributed by atoms with van der Waals surface area (Å²) in [5, 5.41) is 0. The molecule has 0 N–H and O–H groups in total. The van der Waals surface area contributed by atoms with E-state index in [1.165, 1.54) is 5.57 Å². The summed E-state index contributed by atoms with van der Waals surface area (Å²) in [6, 6.07) is 5.87. The molecule has 1 heterocycles. The van der Waals surface area contributed by atoms with Gasteiger partial charge in [0.1, 0.15) is 6.29 Å². The van der Waals surface area contributed by atoms with Gasteiger partial charge in [-0.15, -0.1) is 0 Å². The van der Waals surface area contributed by atoms with Gasteiger partial charge in [0.15, 0.2) is 0 Å². The second-order valence-electron chi connectivity index (χ2n) is 3.69. The second kappa shape index (κ2) is 6.72. The van der Waals surface area contributed by atoms with Gasteiger partial charge in [-0.1, -0.05) is 31.6 Å². The van der Waals surface area contributed by atoms with Gasteiger partial charge in [0.25, 0.3) is 0 Å². The van der Waals surface area contributed by atoms with E-state index < -0.39 is 0 Å². The first-order chi connectivity index (χ1) is 7.77. The van der Waals surface area contributed by atoms with E-state index >= 15 is 0 Å². The topological polar surface area (TPSA) is 30.0 Å². The fourth-order valence-corrected chi connectivity index (χ4v) is 1.39. The summed E-state index contributed by atoms with van der Waals surface area (Å²) in [6.07, 6.45) is 8.51. The molecule has 16 heavy (non-hydrogen) atoms. The molecule has 0 amide bonds. The molecule has 0 aliphatic carbocycles. The number of pyridine rings is 1. The smallest absolute Gasteiger partial charge is 0.145 e. The number of hydrogen-bond acceptors (Lipinski definition) is 2. The second-order valence-corrected chi connectivity index (χ2v) is 3.69. The molecule has 0 aliphatic heterocycles. The Kier molecular flexibility index (Phi) is 5.20. The van der Waals surface area contributed by atoms with E-state index in [1.807, 2.05) is 30.4 Å². The maximum Gasteiger partial charge on any atom is 0.145 e. The minimum absolute atomic E-state index is 0.726. The van der Waals surface area contributed by atoms with Crippen molar-refractivity contribution in [3.05, 3.63) is 47.8 Å². The number of aromatic nitrogens is 1. The predicted molar refractivity (Wildman–Crippen MR) is 66.9 cm³/mol. The lowest BCUT2D eigenvalue weighted by atomic mass is 10.1. The number of hydrogen-bond donors (Lipinski definition) is 0. The van der Waals surface area contributed by atoms with Crippen molar-refractivity contribution in [3.63, 3.8) is 0 Å². The van der Waals surface area contributed by atoms with Crippen LogP contribution in [0.4, 0.5) is 0 Å². The van der Waals surface area contributed by atoms with Crippen molar-refractivity contribution >= 4 is 11.9 Å². The molecule has 0 bridgehead atoms. The summed E-state index contributed by atoms with van der Waals surface area (Å²) in [7, 11) is 0. The minimum atomic E-state index is 0.726. The zero-order chi connectivity index (χ0) is 11.8. The number of carbonyl (C=O) groups is 1. The fourth-order valence-electron chi connectivity index (χ4n) is 1.39. The van der Waals surface area contributed by atoms with Crippen LogP contribution in [0.3, 0.4) is 0 Å². The third-order valence-electron chi connectivity index (χ3n) is 2.25. The molecule has 84 valence electrons. The molecule has 0 fully saturated rings. The van der Waals surface area contributed by atoms with Crippen LogP contribution in [0.1, 0.15) is 32.4 Å². The van der Waals surface area contributed by atoms with Crippen molar-refractivity contribution in [1.82, 2.24) is 4.98 Å². The number of rotatable bonds is 5. The highest BCUT2D eigenvalue weighted by Crippen LogP contribution is 2.17. The fraction of sp³-hybridized carbons (Fsp3) is 0.286. The third kappa shape index (κ3) is 3.81. The Morgan fingerprint density at radius 2 is 2.19 bits per heavy atom. The summed E-state index contributed by atoms with van der Waals surface area (Å²) in [6.45, 7) is 3.93. The number of nitrogens with zero attached hydrogens (tertiary/aromatic N) is 1. The largest absolute Gasteiger partial charge is 0.298 e. The van der Waals surface area contributed by atoms with Gasteiger partial charge in [0.05, 0.1) is 5.69 Å². The quantitative estimate of drug-likeness (QED) is 0.428. The van der Waals surface area contributed by atoms with E-state index in [2.05, 4.69) is 11.9 Å². The van der Waals surface area contributed by atoms with Gasteiger partial charge >= 0.3 is 0 Å². The Morgan fingerprint density at radius 1 is 1.38 bits per heavy atom. The van der Waals surface area contributed by atoms with Gasteiger partial charge in [0.2, 0.25) is 0 Å². The van der Waals surface area contributed by atoms with Crippen molar-refractivity contribution in [2.45, 2.75) is 26.7 Å². The maximum atomic E-state index is 10.5. The van der Waals surface area contributed by atoms with Gasteiger partial charge in [-0.3, -0.25) is 9.78 Å². The molecule has 1 rings (SSSR count). The lowest BCUT2D eigenvalue weighted by Crippen LogP contribution is -1.88. The van der Waals surface area contributed by atoms with E-state index in [0.717, 1.165) is 30.4 Å². The molecule has 1 aromatic heterocycles. The lowest BCUT2D eigenvalue weighted by molar-refractivity contribution is -0.104. The standard InChI is InChI=1S/C14H17NO/c1-3-6-13(9-8-12(2)11-16)14-7-4-5-10-15-14/h4-5,7-11H,3,6H2,1-2H3/b12-8+,13-9+. The molecule has 0 saturated heterocycles. The van der Waals surface area contributed by atoms with Gasteiger partial charge in [-0.2, -0.15) is 0 Å². The van der Waals surface area contributed by atoms with E-state index in [4.69, 9.17) is 0 Å². The van der Waals surface area contributed by atoms with Gasteiger partial charge in [-0.05, 0) is 36.6 Å². The van der Waals surface area contributed by atoms with Crippen LogP contribution in [-0.4, -0.2) is 11.3 Å². The van der Waals surface area contributed by atoms with Crippen LogP contribution in [-0.2, 0) is 4.79 Å². The molecular weight excluding hydrogens is 198 g/mol. The first-order valence-electron chi connectivity index (χ1n) is 5.52. The Bertz CT molecular complexity index is 390. The molecule has 2 nitrogen and oxygen atoms in total. The molecule has 0 saturated carbocycles. The molecule has 1 aromatic rings. The summed E-state index contributed by atoms with van der Waals surface area (Å²) in [5.41, 5.74) is 2.88. The van der Waals surface area contributed by atoms with Crippen LogP contribution in [0.5, 0.6) is 0 Å². The zero-order valence-electron chi connectivity index (χ0n) is 9.81. The van der Waals surface area contributed by atoms with E-state index in [0.29, 0.717) is 0 Å². The van der Waals surface area contributed by atoms with Crippen LogP contribution < -0.4 is 0 Å². The average molecular weight is 215 g/mol. The predicted octanol–water partition coefficient (Wildman–Crippen LogP) is 3.41. The van der Waals surface area contributed by atoms with Crippen molar-refractivity contribution in [2.24, 2.45) is 0 Å². The van der Waals surface area contributed by atoms with Crippen molar-refractivity contribution in [2.75, 3.05) is 0 Å². The van der Waals surface area contributed by atoms with Crippen LogP contribution in [0.15, 0.2) is 42.1 Å². The van der Waals surface area contributed by atoms with Gasteiger partial charge in [-0.25, -0.2) is 0 Å². The first kappa shape index (κ1) is 12.4. The third-order valence-corrected chi connectivity index (χ3v) is 2.25. The average Bonchev–Trinajstić information content (AvgIpc) is 2.35. The molecule has 0 radical (unpaired) electrons. The van der Waals surface area contributed by atoms with E-state index in [-0.39, 0.29) is 0 Å². The maximum absolute atomic E-state index is 10.5. The Morgan fingerprint density at radius 3 is 2.75 bits per heavy atom. The molecule has 2 heteroatoms. The molecule has 0 unspecified atom stereocenters. The number of allylic oxidation sites excluding steroid dienone is 4. The monoisotopic (exact) mass is 215 g/mol. The minimum Gasteiger partial charge on any atom is -0.298 e. The molecule has 0 aromatic carbocycles. The van der Waals surface area contributed by atoms with E-state index in [1.54, 1.807) is 13.1 Å².